The molecule has 139 heavy (non-hydrogen) atoms. The van der Waals surface area contributed by atoms with Crippen molar-refractivity contribution in [3.05, 3.63) is 0 Å². The van der Waals surface area contributed by atoms with Crippen LogP contribution in [-0.4, -0.2) is 582 Å². The number of ether oxygens (including phenoxy) is 21. The van der Waals surface area contributed by atoms with Gasteiger partial charge in [0.15, 0.2) is 69.2 Å². The average molecular weight is 2030 g/mol. The zero-order valence-corrected chi connectivity index (χ0v) is 75.4. The SMILES string of the molecule is CC(=O)N[C@H]1[C@H](O[C@H]2[C@H](O)[C@@H](NC(C)=O)C(O)O[C@@H]2CO)O[C@H](CO)[C@@H](O[C@@H]2O[C@H](CO[C@H]3O[C@H](CO[C@@H]4O[C@H](CO)[C@@H](O)[C@H](O)[C@H]4NC(C)=O)[C@@H](O)[C@H](O)[C@@H]3O[C@@H]3O[C@H](CO)[C@@H](O)[C@H](O)[C@H]3NC(C)=O)[C@@H](O)[C@H](O[C@H]3O[C@H](CO)[C@@H](O[C@@H]4O[C@H](CO)[C@@H](O)[C@H](O)[C@H]4NC(C)=O)[C@H](O)[C@@H]3O[C@@H]3O[C@H](CO)[C@@H](O[C@@H]4O[C@H](CO)[C@H](O)[C@H](O)[C@H]4O)[C@H](O[C@@H]4O[C@@H](C)[C@@H](O)[C@@H](O)[C@@H]4O)[C@H]3NC(C)=O)[C@@H]2O)[C@@H]1O. The van der Waals surface area contributed by atoms with Gasteiger partial charge in [0.1, 0.15) is 262 Å². The highest BCUT2D eigenvalue weighted by molar-refractivity contribution is 5.75. The number of nitrogens with one attached hydrogen (secondary N) is 6. The second kappa shape index (κ2) is 50.0. The van der Waals surface area contributed by atoms with Crippen molar-refractivity contribution >= 4 is 35.4 Å². The number of carbonyl (C=O) groups is 6. The van der Waals surface area contributed by atoms with Gasteiger partial charge in [-0.3, -0.25) is 28.8 Å². The lowest BCUT2D eigenvalue weighted by atomic mass is 9.93. The lowest BCUT2D eigenvalue weighted by molar-refractivity contribution is -0.409. The Morgan fingerprint density at radius 3 is 0.921 bits per heavy atom. The van der Waals surface area contributed by atoms with Crippen LogP contribution in [0.1, 0.15) is 48.5 Å². The predicted octanol–water partition coefficient (Wildman–Crippen LogP) is -23.1. The summed E-state index contributed by atoms with van der Waals surface area (Å²) in [4.78, 5) is 77.9. The fraction of sp³-hybridized carbons (Fsp3) is 0.923. The Bertz CT molecular complexity index is 3900. The molecule has 11 rings (SSSR count). The smallest absolute Gasteiger partial charge is 0.217 e. The minimum absolute atomic E-state index is 0.835. The summed E-state index contributed by atoms with van der Waals surface area (Å²) in [5, 5.41) is 334. The first-order valence-corrected chi connectivity index (χ1v) is 44.5. The van der Waals surface area contributed by atoms with Gasteiger partial charge in [-0.25, -0.2) is 0 Å². The molecule has 802 valence electrons. The Labute approximate surface area is 788 Å². The van der Waals surface area contributed by atoms with Crippen LogP contribution < -0.4 is 31.9 Å². The van der Waals surface area contributed by atoms with Crippen molar-refractivity contribution in [2.24, 2.45) is 0 Å². The molecule has 0 bridgehead atoms. The van der Waals surface area contributed by atoms with Crippen LogP contribution >= 0.6 is 0 Å². The highest BCUT2D eigenvalue weighted by atomic mass is 16.8. The molecule has 11 aliphatic rings. The average Bonchev–Trinajstić information content (AvgIpc) is 0.752. The third-order valence-corrected chi connectivity index (χ3v) is 25.3. The molecule has 0 saturated carbocycles. The van der Waals surface area contributed by atoms with Crippen molar-refractivity contribution in [1.29, 1.82) is 0 Å². The summed E-state index contributed by atoms with van der Waals surface area (Å²) in [6.45, 7) is -5.02. The monoisotopic (exact) mass is 2030 g/mol. The standard InChI is InChI=1S/C78H130N6O55/c1-18-41(99)53(111)56(114)74(121-18)136-64-40(84-24(7)98)73(128-32(15-92)63(64)135-75-57(115)54(112)45(103)28(11-88)126-75)139-67-58(116)62(133-70-37(81-21(4)95)49(107)43(101)26(9-86)124-70)31(14-91)129-78(67)137-65-47(105)34(130-76(59(65)117)134-61-30(13-90)127-72(39(52(61)110)83-23(6)97)132-60-29(12-89)122-68(118)35(51(60)109)79-19(2)93)17-120-77-66(138-71-38(82-22(5)96)50(108)44(102)27(10-87)125-71)55(113)46(104)33(131-77)16-119-69-36(80-20(3)94)48(106)42(100)25(8-85)123-69/h18,25-78,85-92,99-118H,8-17H2,1-7H3,(H,79,93)(H,80,94)(H,81,95)(H,82,96)(H,83,97)(H,84,98)/t18-,25+,26+,27+,28+,29+,30+,31+,32+,33+,34+,35+,36+,37+,38+,39+,40+,41+,42+,43+,44+,45-,46+,47+,48+,49+,50+,51+,52+,53+,54-,55-,56-,57+,58-,59-,60+,61+,62+,63+,64+,65-,66-,67-,68?,69+,70-,71-,72-,73-,74-,75-,76-,77-,78+/m0/s1. The van der Waals surface area contributed by atoms with E-state index in [-0.39, 0.29) is 0 Å². The summed E-state index contributed by atoms with van der Waals surface area (Å²) in [5.74, 6) is -5.70. The van der Waals surface area contributed by atoms with Gasteiger partial charge in [0, 0.05) is 41.5 Å². The van der Waals surface area contributed by atoms with Gasteiger partial charge in [0.25, 0.3) is 0 Å². The summed E-state index contributed by atoms with van der Waals surface area (Å²) in [7, 11) is 0. The summed E-state index contributed by atoms with van der Waals surface area (Å²) < 4.78 is 129. The molecule has 11 fully saturated rings. The van der Waals surface area contributed by atoms with Crippen molar-refractivity contribution in [3.8, 4) is 0 Å². The first-order chi connectivity index (χ1) is 65.7. The predicted molar refractivity (Wildman–Crippen MR) is 430 cm³/mol. The van der Waals surface area contributed by atoms with Gasteiger partial charge >= 0.3 is 0 Å². The van der Waals surface area contributed by atoms with Crippen LogP contribution in [0.4, 0.5) is 0 Å². The fourth-order valence-electron chi connectivity index (χ4n) is 18.1. The van der Waals surface area contributed by atoms with Crippen molar-refractivity contribution in [2.45, 2.75) is 386 Å². The molecule has 6 amide bonds. The lowest BCUT2D eigenvalue weighted by Crippen LogP contribution is -2.72. The summed E-state index contributed by atoms with van der Waals surface area (Å²) >= 11 is 0. The molecule has 55 atom stereocenters. The third-order valence-electron chi connectivity index (χ3n) is 25.3. The quantitative estimate of drug-likeness (QED) is 0.0277. The summed E-state index contributed by atoms with van der Waals surface area (Å²) in [5.41, 5.74) is 0. The fourth-order valence-corrected chi connectivity index (χ4v) is 18.1. The van der Waals surface area contributed by atoms with E-state index in [2.05, 4.69) is 31.9 Å². The third kappa shape index (κ3) is 25.8. The van der Waals surface area contributed by atoms with E-state index >= 15 is 0 Å². The van der Waals surface area contributed by atoms with Crippen molar-refractivity contribution in [1.82, 2.24) is 31.9 Å². The Kier molecular flexibility index (Phi) is 41.1. The van der Waals surface area contributed by atoms with Gasteiger partial charge < -0.3 is 274 Å². The van der Waals surface area contributed by atoms with E-state index in [9.17, 15) is 172 Å². The van der Waals surface area contributed by atoms with E-state index in [1.165, 1.54) is 6.92 Å². The second-order valence-corrected chi connectivity index (χ2v) is 35.3. The minimum Gasteiger partial charge on any atom is -0.394 e. The van der Waals surface area contributed by atoms with Crippen LogP contribution in [0, 0.1) is 0 Å². The highest BCUT2D eigenvalue weighted by Crippen LogP contribution is 2.43. The van der Waals surface area contributed by atoms with Crippen molar-refractivity contribution < 1.29 is 271 Å². The van der Waals surface area contributed by atoms with Gasteiger partial charge in [0.2, 0.25) is 35.4 Å². The molecule has 11 aliphatic heterocycles. The molecular formula is C78H130N6O55. The number of hydrogen-bond acceptors (Lipinski definition) is 55. The molecule has 0 spiro atoms. The van der Waals surface area contributed by atoms with Crippen LogP contribution in [0.5, 0.6) is 0 Å². The van der Waals surface area contributed by atoms with E-state index in [0.717, 1.165) is 41.5 Å². The van der Waals surface area contributed by atoms with E-state index in [1.807, 2.05) is 0 Å². The van der Waals surface area contributed by atoms with Crippen LogP contribution in [-0.2, 0) is 128 Å². The van der Waals surface area contributed by atoms with Gasteiger partial charge in [-0.15, -0.1) is 0 Å². The number of carbonyl (C=O) groups excluding carboxylic acids is 6. The number of hydrogen-bond donors (Lipinski definition) is 34. The molecule has 0 aromatic rings. The van der Waals surface area contributed by atoms with Gasteiger partial charge in [0.05, 0.1) is 72.2 Å². The first-order valence-electron chi connectivity index (χ1n) is 44.5. The maximum Gasteiger partial charge on any atom is 0.217 e. The largest absolute Gasteiger partial charge is 0.394 e. The van der Waals surface area contributed by atoms with E-state index in [0.29, 0.717) is 0 Å². The van der Waals surface area contributed by atoms with E-state index < -0.39 is 439 Å². The van der Waals surface area contributed by atoms with Gasteiger partial charge in [-0.05, 0) is 6.92 Å². The Morgan fingerprint density at radius 2 is 0.468 bits per heavy atom. The van der Waals surface area contributed by atoms with Crippen LogP contribution in [0.25, 0.3) is 0 Å². The highest BCUT2D eigenvalue weighted by Gasteiger charge is 2.64. The van der Waals surface area contributed by atoms with Crippen LogP contribution in [0.2, 0.25) is 0 Å². The molecule has 11 heterocycles. The number of aliphatic hydroxyl groups is 28. The van der Waals surface area contributed by atoms with Crippen molar-refractivity contribution in [3.63, 3.8) is 0 Å². The molecule has 0 aliphatic carbocycles. The Balaban J connectivity index is 1.04. The Morgan fingerprint density at radius 1 is 0.201 bits per heavy atom. The maximum atomic E-state index is 13.9. The van der Waals surface area contributed by atoms with Crippen LogP contribution in [0.15, 0.2) is 0 Å². The van der Waals surface area contributed by atoms with Crippen molar-refractivity contribution in [2.75, 3.05) is 66.1 Å². The summed E-state index contributed by atoms with van der Waals surface area (Å²) in [6, 6.07) is -11.5. The molecule has 34 N–H and O–H groups in total. The molecule has 61 heteroatoms. The Hall–Kier alpha value is -5.14. The minimum atomic E-state index is -2.79. The molecule has 0 aromatic carbocycles. The molecule has 1 unspecified atom stereocenters. The number of amides is 6. The number of aliphatic hydroxyl groups excluding tert-OH is 28. The zero-order chi connectivity index (χ0) is 102. The molecule has 0 radical (unpaired) electrons. The lowest BCUT2D eigenvalue weighted by Gasteiger charge is -2.53. The van der Waals surface area contributed by atoms with E-state index in [4.69, 9.17) is 99.5 Å². The van der Waals surface area contributed by atoms with Gasteiger partial charge in [-0.2, -0.15) is 0 Å². The van der Waals surface area contributed by atoms with E-state index in [1.54, 1.807) is 0 Å². The molecular weight excluding hydrogens is 1900 g/mol. The summed E-state index contributed by atoms with van der Waals surface area (Å²) in [6.07, 6.45) is -107. The van der Waals surface area contributed by atoms with Gasteiger partial charge in [-0.1, -0.05) is 0 Å². The molecule has 0 aromatic heterocycles. The maximum absolute atomic E-state index is 13.9. The molecule has 11 saturated heterocycles. The first kappa shape index (κ1) is 114. The second-order valence-electron chi connectivity index (χ2n) is 35.3. The zero-order valence-electron chi connectivity index (χ0n) is 75.4. The molecule has 61 nitrogen and oxygen atoms in total. The van der Waals surface area contributed by atoms with Crippen LogP contribution in [0.3, 0.4) is 0 Å². The topological polar surface area (TPSA) is 935 Å². The normalized spacial score (nSPS) is 48.3. The number of rotatable bonds is 36.